The van der Waals surface area contributed by atoms with Crippen LogP contribution in [0.4, 0.5) is 13.2 Å². The van der Waals surface area contributed by atoms with Crippen LogP contribution in [0.25, 0.3) is 0 Å². The average molecular weight is 395 g/mol. The maximum absolute atomic E-state index is 13.0. The molecule has 0 saturated carbocycles. The van der Waals surface area contributed by atoms with Crippen molar-refractivity contribution in [1.29, 1.82) is 0 Å². The largest absolute Gasteiger partial charge is 0.467 e. The molecule has 1 aliphatic heterocycles. The maximum atomic E-state index is 13.0. The zero-order valence-corrected chi connectivity index (χ0v) is 15.5. The van der Waals surface area contributed by atoms with Crippen molar-refractivity contribution in [1.82, 2.24) is 14.5 Å². The molecular weight excluding hydrogens is 375 g/mol. The van der Waals surface area contributed by atoms with Crippen LogP contribution in [0.1, 0.15) is 40.7 Å². The van der Waals surface area contributed by atoms with Crippen LogP contribution in [-0.2, 0) is 35.2 Å². The Hall–Kier alpha value is -2.84. The molecule has 9 heteroatoms. The average Bonchev–Trinajstić information content (AvgIpc) is 3.07. The highest BCUT2D eigenvalue weighted by Crippen LogP contribution is 2.30. The number of hydrogen-bond acceptors (Lipinski definition) is 4. The zero-order valence-electron chi connectivity index (χ0n) is 15.5. The Balaban J connectivity index is 1.93. The Kier molecular flexibility index (Phi) is 5.44. The summed E-state index contributed by atoms with van der Waals surface area (Å²) in [6.45, 7) is 2.86. The predicted octanol–water partition coefficient (Wildman–Crippen LogP) is 3.05. The van der Waals surface area contributed by atoms with Gasteiger partial charge in [-0.05, 0) is 30.7 Å². The number of nitrogens with zero attached hydrogens (tertiary/aromatic N) is 3. The first-order valence-electron chi connectivity index (χ1n) is 8.85. The third-order valence-electron chi connectivity index (χ3n) is 4.77. The van der Waals surface area contributed by atoms with Gasteiger partial charge >= 0.3 is 12.1 Å². The van der Waals surface area contributed by atoms with E-state index in [1.165, 1.54) is 12.0 Å². The van der Waals surface area contributed by atoms with E-state index in [1.807, 2.05) is 11.5 Å². The van der Waals surface area contributed by atoms with Gasteiger partial charge in [-0.25, -0.2) is 9.78 Å². The normalized spacial score (nSPS) is 16.6. The molecule has 0 fully saturated rings. The van der Waals surface area contributed by atoms with Crippen molar-refractivity contribution in [2.24, 2.45) is 0 Å². The molecule has 0 saturated heterocycles. The highest BCUT2D eigenvalue weighted by Gasteiger charge is 2.38. The molecule has 150 valence electrons. The van der Waals surface area contributed by atoms with Crippen molar-refractivity contribution in [2.75, 3.05) is 7.11 Å². The number of benzene rings is 1. The van der Waals surface area contributed by atoms with Crippen LogP contribution in [0.2, 0.25) is 0 Å². The topological polar surface area (TPSA) is 64.4 Å². The summed E-state index contributed by atoms with van der Waals surface area (Å²) in [5.41, 5.74) is 0.782. The van der Waals surface area contributed by atoms with Crippen molar-refractivity contribution in [3.05, 3.63) is 53.1 Å². The fourth-order valence-corrected chi connectivity index (χ4v) is 3.33. The number of hydrogen-bond donors (Lipinski definition) is 0. The van der Waals surface area contributed by atoms with E-state index in [-0.39, 0.29) is 18.5 Å². The highest BCUT2D eigenvalue weighted by molar-refractivity contribution is 5.97. The molecule has 0 aliphatic carbocycles. The lowest BCUT2D eigenvalue weighted by Gasteiger charge is -2.34. The number of ether oxygens (including phenoxy) is 1. The van der Waals surface area contributed by atoms with Crippen LogP contribution in [-0.4, -0.2) is 39.5 Å². The van der Waals surface area contributed by atoms with Crippen molar-refractivity contribution < 1.29 is 27.5 Å². The second-order valence-electron chi connectivity index (χ2n) is 6.58. The molecule has 6 nitrogen and oxygen atoms in total. The van der Waals surface area contributed by atoms with E-state index in [2.05, 4.69) is 4.98 Å². The SMILES string of the molecule is CCCn1cnc2c1CN(C(=O)c1ccc(C(F)(F)F)cc1)[C@H](C(=O)OC)C2. The van der Waals surface area contributed by atoms with Gasteiger partial charge < -0.3 is 14.2 Å². The number of aromatic nitrogens is 2. The summed E-state index contributed by atoms with van der Waals surface area (Å²) >= 11 is 0. The van der Waals surface area contributed by atoms with Gasteiger partial charge in [-0.1, -0.05) is 6.92 Å². The van der Waals surface area contributed by atoms with Crippen molar-refractivity contribution in [3.63, 3.8) is 0 Å². The molecule has 0 bridgehead atoms. The summed E-state index contributed by atoms with van der Waals surface area (Å²) in [4.78, 5) is 30.9. The van der Waals surface area contributed by atoms with Crippen molar-refractivity contribution in [2.45, 2.75) is 45.1 Å². The Bertz CT molecular complexity index is 875. The van der Waals surface area contributed by atoms with E-state index in [9.17, 15) is 22.8 Å². The van der Waals surface area contributed by atoms with Gasteiger partial charge in [0, 0.05) is 18.5 Å². The van der Waals surface area contributed by atoms with Crippen LogP contribution in [0.3, 0.4) is 0 Å². The van der Waals surface area contributed by atoms with E-state index >= 15 is 0 Å². The predicted molar refractivity (Wildman–Crippen MR) is 93.3 cm³/mol. The number of esters is 1. The van der Waals surface area contributed by atoms with E-state index in [0.717, 1.165) is 42.1 Å². The molecule has 1 aromatic heterocycles. The van der Waals surface area contributed by atoms with Gasteiger partial charge in [0.15, 0.2) is 0 Å². The molecular formula is C19H20F3N3O3. The number of fused-ring (bicyclic) bond motifs is 1. The number of halogens is 3. The molecule has 28 heavy (non-hydrogen) atoms. The molecule has 1 amide bonds. The number of carbonyl (C=O) groups is 2. The number of amides is 1. The van der Waals surface area contributed by atoms with Crippen molar-refractivity contribution >= 4 is 11.9 Å². The first kappa shape index (κ1) is 19.9. The lowest BCUT2D eigenvalue weighted by Crippen LogP contribution is -2.49. The van der Waals surface area contributed by atoms with E-state index in [4.69, 9.17) is 4.74 Å². The number of imidazole rings is 1. The number of alkyl halides is 3. The van der Waals surface area contributed by atoms with Gasteiger partial charge in [-0.15, -0.1) is 0 Å². The third kappa shape index (κ3) is 3.74. The van der Waals surface area contributed by atoms with Gasteiger partial charge in [0.25, 0.3) is 5.91 Å². The summed E-state index contributed by atoms with van der Waals surface area (Å²) in [7, 11) is 1.23. The highest BCUT2D eigenvalue weighted by atomic mass is 19.4. The molecule has 3 rings (SSSR count). The standard InChI is InChI=1S/C19H20F3N3O3/c1-3-8-24-11-23-14-9-15(18(27)28-2)25(10-16(14)24)17(26)12-4-6-13(7-5-12)19(20,21)22/h4-7,11,15H,3,8-10H2,1-2H3/t15-/m0/s1. The Morgan fingerprint density at radius 3 is 2.50 bits per heavy atom. The molecule has 1 aromatic carbocycles. The quantitative estimate of drug-likeness (QED) is 0.747. The van der Waals surface area contributed by atoms with Crippen LogP contribution >= 0.6 is 0 Å². The number of aryl methyl sites for hydroxylation is 1. The van der Waals surface area contributed by atoms with E-state index in [0.29, 0.717) is 6.54 Å². The zero-order chi connectivity index (χ0) is 20.5. The van der Waals surface area contributed by atoms with Crippen molar-refractivity contribution in [3.8, 4) is 0 Å². The van der Waals surface area contributed by atoms with E-state index < -0.39 is 29.7 Å². The maximum Gasteiger partial charge on any atom is 0.416 e. The first-order chi connectivity index (χ1) is 13.3. The summed E-state index contributed by atoms with van der Waals surface area (Å²) in [6, 6.07) is 3.09. The minimum absolute atomic E-state index is 0.0758. The van der Waals surface area contributed by atoms with Gasteiger partial charge in [-0.3, -0.25) is 4.79 Å². The van der Waals surface area contributed by atoms with Crippen LogP contribution in [0.15, 0.2) is 30.6 Å². The summed E-state index contributed by atoms with van der Waals surface area (Å²) in [5, 5.41) is 0. The molecule has 2 heterocycles. The second kappa shape index (κ2) is 7.65. The second-order valence-corrected chi connectivity index (χ2v) is 6.58. The number of methoxy groups -OCH3 is 1. The summed E-state index contributed by atoms with van der Waals surface area (Å²) < 4.78 is 45.1. The molecule has 0 unspecified atom stereocenters. The van der Waals surface area contributed by atoms with Crippen LogP contribution in [0, 0.1) is 0 Å². The number of rotatable bonds is 4. The van der Waals surface area contributed by atoms with Crippen LogP contribution < -0.4 is 0 Å². The van der Waals surface area contributed by atoms with Gasteiger partial charge in [0.2, 0.25) is 0 Å². The Morgan fingerprint density at radius 1 is 1.25 bits per heavy atom. The van der Waals surface area contributed by atoms with E-state index in [1.54, 1.807) is 6.33 Å². The number of carbonyl (C=O) groups excluding carboxylic acids is 2. The lowest BCUT2D eigenvalue weighted by molar-refractivity contribution is -0.146. The lowest BCUT2D eigenvalue weighted by atomic mass is 10.0. The fourth-order valence-electron chi connectivity index (χ4n) is 3.33. The Morgan fingerprint density at radius 2 is 1.93 bits per heavy atom. The first-order valence-corrected chi connectivity index (χ1v) is 8.85. The minimum Gasteiger partial charge on any atom is -0.467 e. The molecule has 1 aliphatic rings. The summed E-state index contributed by atoms with van der Waals surface area (Å²) in [5.74, 6) is -1.12. The molecule has 0 spiro atoms. The molecule has 2 aromatic rings. The molecule has 1 atom stereocenters. The summed E-state index contributed by atoms with van der Waals surface area (Å²) in [6.07, 6.45) is -1.74. The van der Waals surface area contributed by atoms with Gasteiger partial charge in [0.1, 0.15) is 6.04 Å². The molecule has 0 radical (unpaired) electrons. The van der Waals surface area contributed by atoms with Gasteiger partial charge in [0.05, 0.1) is 36.9 Å². The molecule has 0 N–H and O–H groups in total. The van der Waals surface area contributed by atoms with Crippen LogP contribution in [0.5, 0.6) is 0 Å². The Labute approximate surface area is 159 Å². The fraction of sp³-hybridized carbons (Fsp3) is 0.421. The third-order valence-corrected chi connectivity index (χ3v) is 4.77. The monoisotopic (exact) mass is 395 g/mol. The minimum atomic E-state index is -4.48. The van der Waals surface area contributed by atoms with Gasteiger partial charge in [-0.2, -0.15) is 13.2 Å². The smallest absolute Gasteiger partial charge is 0.416 e.